The molecule has 3 aliphatic rings. The van der Waals surface area contributed by atoms with Gasteiger partial charge in [-0.25, -0.2) is 8.42 Å². The molecule has 2 saturated heterocycles. The highest BCUT2D eigenvalue weighted by Gasteiger charge is 2.47. The molecule has 31 heavy (non-hydrogen) atoms. The third-order valence-electron chi connectivity index (χ3n) is 7.78. The summed E-state index contributed by atoms with van der Waals surface area (Å²) in [6.07, 6.45) is 9.74. The van der Waals surface area contributed by atoms with Gasteiger partial charge in [0.1, 0.15) is 0 Å². The first kappa shape index (κ1) is 22.7. The molecule has 1 spiro atoms. The van der Waals surface area contributed by atoms with Gasteiger partial charge >= 0.3 is 0 Å². The molecule has 0 atom stereocenters. The maximum atomic E-state index is 12.8. The number of rotatable bonds is 4. The first-order valence-electron chi connectivity index (χ1n) is 11.7. The van der Waals surface area contributed by atoms with Gasteiger partial charge in [0.15, 0.2) is 0 Å². The molecule has 1 aromatic rings. The van der Waals surface area contributed by atoms with E-state index in [0.29, 0.717) is 13.1 Å². The molecular weight excluding hydrogens is 410 g/mol. The van der Waals surface area contributed by atoms with Crippen LogP contribution in [0.1, 0.15) is 63.5 Å². The van der Waals surface area contributed by atoms with E-state index in [4.69, 9.17) is 0 Å². The molecular formula is C24H37N3O3S. The largest absolute Gasteiger partial charge is 0.325 e. The van der Waals surface area contributed by atoms with Crippen LogP contribution in [-0.4, -0.2) is 61.5 Å². The van der Waals surface area contributed by atoms with Crippen LogP contribution in [0.3, 0.4) is 0 Å². The van der Waals surface area contributed by atoms with Crippen molar-refractivity contribution in [3.05, 3.63) is 29.3 Å². The summed E-state index contributed by atoms with van der Waals surface area (Å²) in [6.45, 7) is 6.76. The number of nitrogens with one attached hydrogen (secondary N) is 1. The number of fused-ring (bicyclic) bond motifs is 1. The Morgan fingerprint density at radius 1 is 1.06 bits per heavy atom. The predicted octanol–water partition coefficient (Wildman–Crippen LogP) is 3.42. The van der Waals surface area contributed by atoms with Crippen LogP contribution >= 0.6 is 0 Å². The molecule has 1 amide bonds. The molecule has 1 aromatic carbocycles. The fourth-order valence-corrected chi connectivity index (χ4v) is 7.24. The molecule has 4 rings (SSSR count). The van der Waals surface area contributed by atoms with Crippen molar-refractivity contribution in [2.75, 3.05) is 37.8 Å². The third-order valence-corrected chi connectivity index (χ3v) is 9.20. The highest BCUT2D eigenvalue weighted by atomic mass is 32.2. The lowest BCUT2D eigenvalue weighted by Crippen LogP contribution is -2.58. The fraction of sp³-hybridized carbons (Fsp3) is 0.708. The summed E-state index contributed by atoms with van der Waals surface area (Å²) in [4.78, 5) is 15.0. The normalized spacial score (nSPS) is 24.0. The average molecular weight is 448 g/mol. The van der Waals surface area contributed by atoms with Gasteiger partial charge in [0.2, 0.25) is 15.9 Å². The van der Waals surface area contributed by atoms with E-state index in [1.165, 1.54) is 30.2 Å². The molecule has 0 bridgehead atoms. The summed E-state index contributed by atoms with van der Waals surface area (Å²) in [6, 6.07) is 6.25. The Kier molecular flexibility index (Phi) is 6.23. The second-order valence-electron chi connectivity index (χ2n) is 10.6. The summed E-state index contributed by atoms with van der Waals surface area (Å²) >= 11 is 0. The van der Waals surface area contributed by atoms with Crippen molar-refractivity contribution in [2.45, 2.75) is 70.8 Å². The first-order valence-corrected chi connectivity index (χ1v) is 13.5. The maximum absolute atomic E-state index is 12.8. The van der Waals surface area contributed by atoms with Crippen molar-refractivity contribution in [2.24, 2.45) is 5.41 Å². The van der Waals surface area contributed by atoms with Crippen molar-refractivity contribution < 1.29 is 13.2 Å². The van der Waals surface area contributed by atoms with E-state index in [0.717, 1.165) is 57.3 Å². The minimum atomic E-state index is -3.23. The lowest BCUT2D eigenvalue weighted by molar-refractivity contribution is -0.118. The van der Waals surface area contributed by atoms with Gasteiger partial charge in [0.25, 0.3) is 0 Å². The number of anilines is 1. The number of carbonyl (C=O) groups is 1. The van der Waals surface area contributed by atoms with Gasteiger partial charge < -0.3 is 5.32 Å². The van der Waals surface area contributed by atoms with Gasteiger partial charge in [-0.2, -0.15) is 4.31 Å². The van der Waals surface area contributed by atoms with Crippen LogP contribution in [-0.2, 0) is 27.7 Å². The Hall–Kier alpha value is -1.44. The van der Waals surface area contributed by atoms with E-state index in [1.807, 2.05) is 26.0 Å². The van der Waals surface area contributed by atoms with Crippen molar-refractivity contribution in [3.8, 4) is 0 Å². The number of piperidine rings is 2. The highest BCUT2D eigenvalue weighted by Crippen LogP contribution is 2.45. The van der Waals surface area contributed by atoms with E-state index in [2.05, 4.69) is 16.3 Å². The van der Waals surface area contributed by atoms with Crippen LogP contribution < -0.4 is 5.32 Å². The monoisotopic (exact) mass is 447 g/mol. The van der Waals surface area contributed by atoms with Gasteiger partial charge in [-0.15, -0.1) is 0 Å². The highest BCUT2D eigenvalue weighted by molar-refractivity contribution is 7.88. The van der Waals surface area contributed by atoms with Gasteiger partial charge in [0.05, 0.1) is 12.8 Å². The quantitative estimate of drug-likeness (QED) is 0.768. The molecule has 1 N–H and O–H groups in total. The molecule has 2 aliphatic heterocycles. The molecule has 7 heteroatoms. The lowest BCUT2D eigenvalue weighted by atomic mass is 9.69. The summed E-state index contributed by atoms with van der Waals surface area (Å²) < 4.78 is 26.5. The summed E-state index contributed by atoms with van der Waals surface area (Å²) in [5.41, 5.74) is 3.40. The number of likely N-dealkylation sites (tertiary alicyclic amines) is 1. The molecule has 2 fully saturated rings. The Balaban J connectivity index is 1.34. The van der Waals surface area contributed by atoms with E-state index in [-0.39, 0.29) is 16.9 Å². The summed E-state index contributed by atoms with van der Waals surface area (Å²) in [5, 5.41) is 3.16. The van der Waals surface area contributed by atoms with Crippen molar-refractivity contribution >= 4 is 21.6 Å². The number of nitrogens with zero attached hydrogens (tertiary/aromatic N) is 2. The molecule has 0 saturated carbocycles. The summed E-state index contributed by atoms with van der Waals surface area (Å²) in [7, 11) is -3.23. The van der Waals surface area contributed by atoms with Crippen LogP contribution in [0.2, 0.25) is 0 Å². The standard InChI is InChI=1S/C24H37N3O3S/c1-23(2)11-12-24(18-27(23)31(3,29)30)13-15-26(16-14-24)17-22(28)25-21-10-6-8-19-7-4-5-9-20(19)21/h6,8,10H,4-5,7,9,11-18H2,1-3H3,(H,25,28). The fourth-order valence-electron chi connectivity index (χ4n) is 5.74. The average Bonchev–Trinajstić information content (AvgIpc) is 2.71. The van der Waals surface area contributed by atoms with Crippen LogP contribution in [0.25, 0.3) is 0 Å². The summed E-state index contributed by atoms with van der Waals surface area (Å²) in [5.74, 6) is 0.0532. The number of amides is 1. The number of carbonyl (C=O) groups excluding carboxylic acids is 1. The van der Waals surface area contributed by atoms with E-state index >= 15 is 0 Å². The first-order chi connectivity index (χ1) is 14.6. The van der Waals surface area contributed by atoms with Crippen LogP contribution in [0.5, 0.6) is 0 Å². The van der Waals surface area contributed by atoms with Crippen molar-refractivity contribution in [3.63, 3.8) is 0 Å². The van der Waals surface area contributed by atoms with Gasteiger partial charge in [-0.1, -0.05) is 12.1 Å². The zero-order valence-corrected chi connectivity index (χ0v) is 20.1. The Labute approximate surface area is 187 Å². The van der Waals surface area contributed by atoms with E-state index in [1.54, 1.807) is 4.31 Å². The van der Waals surface area contributed by atoms with Crippen LogP contribution in [0, 0.1) is 5.41 Å². The molecule has 2 heterocycles. The topological polar surface area (TPSA) is 69.7 Å². The van der Waals surface area contributed by atoms with E-state index in [9.17, 15) is 13.2 Å². The SMILES string of the molecule is CC1(C)CCC2(CCN(CC(=O)Nc3cccc4c3CCCC4)CC2)CN1S(C)(=O)=O. The Morgan fingerprint density at radius 3 is 2.48 bits per heavy atom. The molecule has 1 aliphatic carbocycles. The molecule has 0 radical (unpaired) electrons. The molecule has 6 nitrogen and oxygen atoms in total. The van der Waals surface area contributed by atoms with Crippen LogP contribution in [0.4, 0.5) is 5.69 Å². The Bertz CT molecular complexity index is 933. The van der Waals surface area contributed by atoms with Gasteiger partial charge in [0, 0.05) is 17.8 Å². The van der Waals surface area contributed by atoms with Crippen molar-refractivity contribution in [1.29, 1.82) is 0 Å². The second-order valence-corrected chi connectivity index (χ2v) is 12.5. The van der Waals surface area contributed by atoms with E-state index < -0.39 is 10.0 Å². The Morgan fingerprint density at radius 2 is 1.77 bits per heavy atom. The molecule has 172 valence electrons. The number of aryl methyl sites for hydroxylation is 1. The number of benzene rings is 1. The zero-order valence-electron chi connectivity index (χ0n) is 19.2. The third kappa shape index (κ3) is 4.99. The smallest absolute Gasteiger partial charge is 0.238 e. The number of hydrogen-bond acceptors (Lipinski definition) is 4. The predicted molar refractivity (Wildman–Crippen MR) is 125 cm³/mol. The number of hydrogen-bond donors (Lipinski definition) is 1. The lowest BCUT2D eigenvalue weighted by Gasteiger charge is -2.52. The molecule has 0 aromatic heterocycles. The minimum Gasteiger partial charge on any atom is -0.325 e. The number of sulfonamides is 1. The van der Waals surface area contributed by atoms with Gasteiger partial charge in [-0.3, -0.25) is 9.69 Å². The molecule has 0 unspecified atom stereocenters. The van der Waals surface area contributed by atoms with Crippen LogP contribution in [0.15, 0.2) is 18.2 Å². The second kappa shape index (κ2) is 8.49. The van der Waals surface area contributed by atoms with Gasteiger partial charge in [-0.05, 0) is 101 Å². The maximum Gasteiger partial charge on any atom is 0.238 e. The zero-order chi connectivity index (χ0) is 22.3. The minimum absolute atomic E-state index is 0.0457. The van der Waals surface area contributed by atoms with Crippen molar-refractivity contribution in [1.82, 2.24) is 9.21 Å².